The van der Waals surface area contributed by atoms with Crippen LogP contribution in [0.4, 0.5) is 11.4 Å². The molecule has 0 atom stereocenters. The molecule has 0 unspecified atom stereocenters. The third-order valence-corrected chi connectivity index (χ3v) is 4.74. The topological polar surface area (TPSA) is 70.7 Å². The molecule has 2 heterocycles. The van der Waals surface area contributed by atoms with E-state index in [-0.39, 0.29) is 0 Å². The number of aromatic nitrogens is 2. The number of hydrogen-bond donors (Lipinski definition) is 1. The number of nitrogens with zero attached hydrogens (tertiary/aromatic N) is 3. The Bertz CT molecular complexity index is 1210. The van der Waals surface area contributed by atoms with E-state index < -0.39 is 0 Å². The van der Waals surface area contributed by atoms with Crippen LogP contribution in [0.1, 0.15) is 16.1 Å². The Morgan fingerprint density at radius 2 is 2.04 bits per heavy atom. The monoisotopic (exact) mass is 416 g/mol. The van der Waals surface area contributed by atoms with Crippen LogP contribution in [0.3, 0.4) is 0 Å². The molecule has 0 saturated heterocycles. The van der Waals surface area contributed by atoms with E-state index in [1.165, 1.54) is 0 Å². The van der Waals surface area contributed by atoms with Crippen molar-refractivity contribution < 1.29 is 4.79 Å². The lowest BCUT2D eigenvalue weighted by molar-refractivity contribution is 0.111. The normalized spacial score (nSPS) is 10.5. The Morgan fingerprint density at radius 1 is 1.15 bits per heavy atom. The van der Waals surface area contributed by atoms with Gasteiger partial charge < -0.3 is 9.88 Å². The third kappa shape index (κ3) is 3.21. The summed E-state index contributed by atoms with van der Waals surface area (Å²) in [6.45, 7) is 0. The molecule has 0 amide bonds. The predicted molar refractivity (Wildman–Crippen MR) is 109 cm³/mol. The van der Waals surface area contributed by atoms with E-state index in [1.54, 1.807) is 16.8 Å². The summed E-state index contributed by atoms with van der Waals surface area (Å²) in [5.41, 5.74) is 4.12. The SMILES string of the molecule is N#Cc1cnc2ccc(-n3cccc3C=O)cc2c1Nc1cccc(Br)c1. The van der Waals surface area contributed by atoms with E-state index >= 15 is 0 Å². The molecule has 1 N–H and O–H groups in total. The number of carbonyl (C=O) groups excluding carboxylic acids is 1. The molecule has 0 aliphatic heterocycles. The highest BCUT2D eigenvalue weighted by atomic mass is 79.9. The van der Waals surface area contributed by atoms with Crippen molar-refractivity contribution >= 4 is 44.5 Å². The zero-order valence-electron chi connectivity index (χ0n) is 14.1. The molecule has 2 aromatic heterocycles. The molecule has 130 valence electrons. The van der Waals surface area contributed by atoms with Gasteiger partial charge in [-0.25, -0.2) is 0 Å². The van der Waals surface area contributed by atoms with Crippen molar-refractivity contribution in [2.45, 2.75) is 0 Å². The maximum absolute atomic E-state index is 11.3. The van der Waals surface area contributed by atoms with Crippen molar-refractivity contribution in [1.29, 1.82) is 5.26 Å². The lowest BCUT2D eigenvalue weighted by Crippen LogP contribution is -2.00. The van der Waals surface area contributed by atoms with E-state index in [9.17, 15) is 10.1 Å². The van der Waals surface area contributed by atoms with Crippen molar-refractivity contribution in [3.05, 3.63) is 82.7 Å². The Hall–Kier alpha value is -3.43. The molecule has 0 aliphatic rings. The van der Waals surface area contributed by atoms with Gasteiger partial charge in [0.05, 0.1) is 22.5 Å². The number of benzene rings is 2. The fourth-order valence-electron chi connectivity index (χ4n) is 2.99. The minimum Gasteiger partial charge on any atom is -0.354 e. The second-order valence-corrected chi connectivity index (χ2v) is 6.83. The quantitative estimate of drug-likeness (QED) is 0.463. The minimum atomic E-state index is 0.447. The Balaban J connectivity index is 1.91. The molecule has 0 aliphatic carbocycles. The number of rotatable bonds is 4. The Kier molecular flexibility index (Phi) is 4.45. The summed E-state index contributed by atoms with van der Waals surface area (Å²) in [5, 5.41) is 13.7. The first-order valence-electron chi connectivity index (χ1n) is 8.18. The minimum absolute atomic E-state index is 0.447. The molecule has 0 spiro atoms. The number of carbonyl (C=O) groups is 1. The van der Waals surface area contributed by atoms with Crippen LogP contribution in [0.2, 0.25) is 0 Å². The maximum Gasteiger partial charge on any atom is 0.166 e. The summed E-state index contributed by atoms with van der Waals surface area (Å²) in [5.74, 6) is 0. The van der Waals surface area contributed by atoms with Crippen molar-refractivity contribution in [1.82, 2.24) is 9.55 Å². The van der Waals surface area contributed by atoms with E-state index in [1.807, 2.05) is 54.7 Å². The molecule has 0 bridgehead atoms. The molecule has 5 nitrogen and oxygen atoms in total. The Morgan fingerprint density at radius 3 is 2.81 bits per heavy atom. The highest BCUT2D eigenvalue weighted by Crippen LogP contribution is 2.31. The highest BCUT2D eigenvalue weighted by Gasteiger charge is 2.12. The first-order valence-corrected chi connectivity index (χ1v) is 8.97. The lowest BCUT2D eigenvalue weighted by Gasteiger charge is -2.13. The summed E-state index contributed by atoms with van der Waals surface area (Å²) < 4.78 is 2.74. The van der Waals surface area contributed by atoms with E-state index in [4.69, 9.17) is 0 Å². The first kappa shape index (κ1) is 17.0. The highest BCUT2D eigenvalue weighted by molar-refractivity contribution is 9.10. The van der Waals surface area contributed by atoms with Gasteiger partial charge in [0, 0.05) is 33.6 Å². The average Bonchev–Trinajstić information content (AvgIpc) is 3.17. The van der Waals surface area contributed by atoms with Gasteiger partial charge >= 0.3 is 0 Å². The maximum atomic E-state index is 11.3. The van der Waals surface area contributed by atoms with E-state index in [2.05, 4.69) is 32.3 Å². The van der Waals surface area contributed by atoms with Crippen LogP contribution in [-0.2, 0) is 0 Å². The number of halogens is 1. The van der Waals surface area contributed by atoms with Crippen LogP contribution in [0.15, 0.2) is 71.5 Å². The largest absolute Gasteiger partial charge is 0.354 e. The molecule has 27 heavy (non-hydrogen) atoms. The Labute approximate surface area is 164 Å². The van der Waals surface area contributed by atoms with E-state index in [0.29, 0.717) is 16.9 Å². The molecule has 0 radical (unpaired) electrons. The lowest BCUT2D eigenvalue weighted by atomic mass is 10.1. The second kappa shape index (κ2) is 7.06. The fourth-order valence-corrected chi connectivity index (χ4v) is 3.38. The predicted octanol–water partition coefficient (Wildman–Crippen LogP) is 5.22. The van der Waals surface area contributed by atoms with Gasteiger partial charge in [0.1, 0.15) is 6.07 Å². The van der Waals surface area contributed by atoms with Gasteiger partial charge in [0.2, 0.25) is 0 Å². The zero-order valence-corrected chi connectivity index (χ0v) is 15.6. The number of nitriles is 1. The number of nitrogens with one attached hydrogen (secondary N) is 1. The number of anilines is 2. The van der Waals surface area contributed by atoms with Gasteiger partial charge in [-0.1, -0.05) is 22.0 Å². The summed E-state index contributed by atoms with van der Waals surface area (Å²) >= 11 is 3.46. The number of hydrogen-bond acceptors (Lipinski definition) is 4. The van der Waals surface area contributed by atoms with Crippen molar-refractivity contribution in [2.75, 3.05) is 5.32 Å². The average molecular weight is 417 g/mol. The molecule has 6 heteroatoms. The van der Waals surface area contributed by atoms with Crippen molar-refractivity contribution in [3.8, 4) is 11.8 Å². The van der Waals surface area contributed by atoms with Crippen LogP contribution in [0.25, 0.3) is 16.6 Å². The van der Waals surface area contributed by atoms with Crippen LogP contribution in [0, 0.1) is 11.3 Å². The molecule has 4 rings (SSSR count). The van der Waals surface area contributed by atoms with Crippen LogP contribution in [0.5, 0.6) is 0 Å². The molecule has 2 aromatic carbocycles. The second-order valence-electron chi connectivity index (χ2n) is 5.92. The molecular weight excluding hydrogens is 404 g/mol. The smallest absolute Gasteiger partial charge is 0.166 e. The summed E-state index contributed by atoms with van der Waals surface area (Å²) in [4.78, 5) is 15.7. The van der Waals surface area contributed by atoms with Gasteiger partial charge in [-0.3, -0.25) is 9.78 Å². The van der Waals surface area contributed by atoms with Gasteiger partial charge in [0.25, 0.3) is 0 Å². The summed E-state index contributed by atoms with van der Waals surface area (Å²) in [6.07, 6.45) is 4.21. The number of fused-ring (bicyclic) bond motifs is 1. The fraction of sp³-hybridized carbons (Fsp3) is 0. The van der Waals surface area contributed by atoms with Crippen molar-refractivity contribution in [2.24, 2.45) is 0 Å². The number of pyridine rings is 1. The third-order valence-electron chi connectivity index (χ3n) is 4.25. The van der Waals surface area contributed by atoms with Crippen molar-refractivity contribution in [3.63, 3.8) is 0 Å². The molecule has 4 aromatic rings. The van der Waals surface area contributed by atoms with Crippen LogP contribution < -0.4 is 5.32 Å². The number of aldehydes is 1. The zero-order chi connectivity index (χ0) is 18.8. The van der Waals surface area contributed by atoms with Gasteiger partial charge in [-0.15, -0.1) is 0 Å². The molecule has 0 saturated carbocycles. The van der Waals surface area contributed by atoms with Crippen LogP contribution in [-0.4, -0.2) is 15.8 Å². The summed E-state index contributed by atoms with van der Waals surface area (Å²) in [6, 6.07) is 19.2. The molecular formula is C21H13BrN4O. The van der Waals surface area contributed by atoms with Gasteiger partial charge in [-0.05, 0) is 48.5 Å². The molecule has 0 fully saturated rings. The van der Waals surface area contributed by atoms with Gasteiger partial charge in [-0.2, -0.15) is 5.26 Å². The van der Waals surface area contributed by atoms with Gasteiger partial charge in [0.15, 0.2) is 6.29 Å². The van der Waals surface area contributed by atoms with E-state index in [0.717, 1.165) is 33.0 Å². The summed E-state index contributed by atoms with van der Waals surface area (Å²) in [7, 11) is 0. The first-order chi connectivity index (χ1) is 13.2. The standard InChI is InChI=1S/C21H13BrN4O/c22-15-3-1-4-16(9-15)25-21-14(11-23)12-24-20-7-6-17(10-19(20)21)26-8-2-5-18(26)13-27/h1-10,12-13H,(H,24,25). The van der Waals surface area contributed by atoms with Crippen LogP contribution >= 0.6 is 15.9 Å².